The zero-order valence-corrected chi connectivity index (χ0v) is 14.0. The number of nitrogens with zero attached hydrogens (tertiary/aromatic N) is 3. The van der Waals surface area contributed by atoms with E-state index in [2.05, 4.69) is 15.3 Å². The number of anilines is 1. The summed E-state index contributed by atoms with van der Waals surface area (Å²) in [5.41, 5.74) is 1.03. The molecular formula is C18H22N4O2. The molecule has 1 aromatic carbocycles. The smallest absolute Gasteiger partial charge is 0.252 e. The highest BCUT2D eigenvalue weighted by atomic mass is 16.5. The van der Waals surface area contributed by atoms with Crippen molar-refractivity contribution in [3.05, 3.63) is 54.1 Å². The quantitative estimate of drug-likeness (QED) is 0.930. The molecule has 0 unspecified atom stereocenters. The summed E-state index contributed by atoms with van der Waals surface area (Å²) in [6, 6.07) is 9.34. The summed E-state index contributed by atoms with van der Waals surface area (Å²) in [6.45, 7) is 1.16. The minimum Gasteiger partial charge on any atom is -0.381 e. The summed E-state index contributed by atoms with van der Waals surface area (Å²) in [4.78, 5) is 23.6. The molecule has 1 amide bonds. The minimum absolute atomic E-state index is 0.118. The molecule has 1 aromatic heterocycles. The average molecular weight is 326 g/mol. The van der Waals surface area contributed by atoms with Crippen LogP contribution in [0.4, 0.5) is 5.69 Å². The molecule has 1 aliphatic heterocycles. The molecule has 0 spiro atoms. The number of carbonyl (C=O) groups is 1. The van der Waals surface area contributed by atoms with Crippen molar-refractivity contribution in [2.45, 2.75) is 18.4 Å². The maximum atomic E-state index is 12.8. The van der Waals surface area contributed by atoms with Crippen molar-refractivity contribution in [1.82, 2.24) is 15.3 Å². The Morgan fingerprint density at radius 3 is 2.54 bits per heavy atom. The van der Waals surface area contributed by atoms with E-state index in [1.54, 1.807) is 18.5 Å². The molecule has 126 valence electrons. The Bertz CT molecular complexity index is 697. The molecule has 6 heteroatoms. The maximum Gasteiger partial charge on any atom is 0.252 e. The fourth-order valence-electron chi connectivity index (χ4n) is 2.89. The lowest BCUT2D eigenvalue weighted by Gasteiger charge is -2.36. The number of rotatable bonds is 4. The van der Waals surface area contributed by atoms with Gasteiger partial charge in [0, 0.05) is 63.8 Å². The molecule has 0 saturated carbocycles. The van der Waals surface area contributed by atoms with Crippen LogP contribution in [0, 0.1) is 0 Å². The Kier molecular flexibility index (Phi) is 4.76. The standard InChI is InChI=1S/C18H22N4O2/c1-22(2)15-6-3-5-14(13-15)16(23)21-18(7-11-24-12-8-18)17-19-9-4-10-20-17/h3-6,9-10,13H,7-8,11-12H2,1-2H3,(H,21,23). The number of amides is 1. The van der Waals surface area contributed by atoms with E-state index in [1.807, 2.05) is 43.3 Å². The van der Waals surface area contributed by atoms with E-state index in [9.17, 15) is 4.79 Å². The number of hydrogen-bond donors (Lipinski definition) is 1. The number of hydrogen-bond acceptors (Lipinski definition) is 5. The van der Waals surface area contributed by atoms with Crippen molar-refractivity contribution in [3.8, 4) is 0 Å². The summed E-state index contributed by atoms with van der Waals surface area (Å²) in [5.74, 6) is 0.526. The number of carbonyl (C=O) groups excluding carboxylic acids is 1. The second-order valence-electron chi connectivity index (χ2n) is 6.17. The Labute approximate surface area is 141 Å². The molecule has 6 nitrogen and oxygen atoms in total. The summed E-state index contributed by atoms with van der Waals surface area (Å²) < 4.78 is 5.47. The second-order valence-corrected chi connectivity index (χ2v) is 6.17. The molecule has 1 saturated heterocycles. The van der Waals surface area contributed by atoms with Crippen molar-refractivity contribution in [1.29, 1.82) is 0 Å². The Hall–Kier alpha value is -2.47. The molecular weight excluding hydrogens is 304 g/mol. The van der Waals surface area contributed by atoms with E-state index >= 15 is 0 Å². The van der Waals surface area contributed by atoms with Gasteiger partial charge in [-0.2, -0.15) is 0 Å². The number of aromatic nitrogens is 2. The van der Waals surface area contributed by atoms with Crippen LogP contribution >= 0.6 is 0 Å². The molecule has 0 atom stereocenters. The first-order valence-electron chi connectivity index (χ1n) is 8.06. The summed E-state index contributed by atoms with van der Waals surface area (Å²) in [7, 11) is 3.91. The molecule has 0 radical (unpaired) electrons. The summed E-state index contributed by atoms with van der Waals surface area (Å²) in [6.07, 6.45) is 4.74. The first-order valence-corrected chi connectivity index (χ1v) is 8.06. The van der Waals surface area contributed by atoms with Crippen LogP contribution in [0.1, 0.15) is 29.0 Å². The van der Waals surface area contributed by atoms with E-state index in [0.717, 1.165) is 5.69 Å². The third-order valence-electron chi connectivity index (χ3n) is 4.32. The predicted molar refractivity (Wildman–Crippen MR) is 92.0 cm³/mol. The van der Waals surface area contributed by atoms with Crippen molar-refractivity contribution in [2.75, 3.05) is 32.2 Å². The zero-order chi connectivity index (χ0) is 17.0. The third-order valence-corrected chi connectivity index (χ3v) is 4.32. The Balaban J connectivity index is 1.88. The monoisotopic (exact) mass is 326 g/mol. The van der Waals surface area contributed by atoms with E-state index in [1.165, 1.54) is 0 Å². The van der Waals surface area contributed by atoms with Crippen LogP contribution in [0.5, 0.6) is 0 Å². The van der Waals surface area contributed by atoms with Gasteiger partial charge in [0.1, 0.15) is 5.54 Å². The van der Waals surface area contributed by atoms with Crippen molar-refractivity contribution in [3.63, 3.8) is 0 Å². The molecule has 0 aliphatic carbocycles. The lowest BCUT2D eigenvalue weighted by Crippen LogP contribution is -2.50. The van der Waals surface area contributed by atoms with Crippen LogP contribution in [0.3, 0.4) is 0 Å². The highest BCUT2D eigenvalue weighted by molar-refractivity contribution is 5.95. The van der Waals surface area contributed by atoms with Crippen molar-refractivity contribution < 1.29 is 9.53 Å². The van der Waals surface area contributed by atoms with Gasteiger partial charge in [-0.3, -0.25) is 4.79 Å². The van der Waals surface area contributed by atoms with Gasteiger partial charge in [-0.15, -0.1) is 0 Å². The van der Waals surface area contributed by atoms with Crippen LogP contribution in [-0.4, -0.2) is 43.2 Å². The van der Waals surface area contributed by atoms with E-state index in [4.69, 9.17) is 4.74 Å². The van der Waals surface area contributed by atoms with Gasteiger partial charge in [-0.05, 0) is 24.3 Å². The minimum atomic E-state index is -0.579. The molecule has 2 heterocycles. The highest BCUT2D eigenvalue weighted by Crippen LogP contribution is 2.30. The van der Waals surface area contributed by atoms with Gasteiger partial charge in [0.2, 0.25) is 0 Å². The second kappa shape index (κ2) is 6.97. The Morgan fingerprint density at radius 2 is 1.88 bits per heavy atom. The number of ether oxygens (including phenoxy) is 1. The molecule has 24 heavy (non-hydrogen) atoms. The van der Waals surface area contributed by atoms with E-state index in [-0.39, 0.29) is 5.91 Å². The van der Waals surface area contributed by atoms with Crippen LogP contribution in [-0.2, 0) is 10.3 Å². The lowest BCUT2D eigenvalue weighted by molar-refractivity contribution is 0.0313. The fraction of sp³-hybridized carbons (Fsp3) is 0.389. The number of nitrogens with one attached hydrogen (secondary N) is 1. The van der Waals surface area contributed by atoms with Gasteiger partial charge in [-0.25, -0.2) is 9.97 Å². The molecule has 2 aromatic rings. The van der Waals surface area contributed by atoms with Gasteiger partial charge >= 0.3 is 0 Å². The van der Waals surface area contributed by atoms with Crippen LogP contribution in [0.2, 0.25) is 0 Å². The zero-order valence-electron chi connectivity index (χ0n) is 14.0. The topological polar surface area (TPSA) is 67.4 Å². The van der Waals surface area contributed by atoms with Crippen molar-refractivity contribution >= 4 is 11.6 Å². The highest BCUT2D eigenvalue weighted by Gasteiger charge is 2.38. The largest absolute Gasteiger partial charge is 0.381 e. The van der Waals surface area contributed by atoms with Gasteiger partial charge < -0.3 is 15.0 Å². The van der Waals surface area contributed by atoms with Crippen LogP contribution < -0.4 is 10.2 Å². The van der Waals surface area contributed by atoms with Gasteiger partial charge in [0.15, 0.2) is 5.82 Å². The van der Waals surface area contributed by atoms with Crippen LogP contribution in [0.25, 0.3) is 0 Å². The summed E-state index contributed by atoms with van der Waals surface area (Å²) >= 11 is 0. The first kappa shape index (κ1) is 16.4. The lowest BCUT2D eigenvalue weighted by atomic mass is 9.88. The predicted octanol–water partition coefficient (Wildman–Crippen LogP) is 1.98. The van der Waals surface area contributed by atoms with E-state index < -0.39 is 5.54 Å². The molecule has 1 N–H and O–H groups in total. The van der Waals surface area contributed by atoms with Crippen LogP contribution in [0.15, 0.2) is 42.7 Å². The molecule has 0 bridgehead atoms. The fourth-order valence-corrected chi connectivity index (χ4v) is 2.89. The van der Waals surface area contributed by atoms with Gasteiger partial charge in [-0.1, -0.05) is 6.07 Å². The Morgan fingerprint density at radius 1 is 1.17 bits per heavy atom. The first-order chi connectivity index (χ1) is 11.6. The SMILES string of the molecule is CN(C)c1cccc(C(=O)NC2(c3ncccn3)CCOCC2)c1. The van der Waals surface area contributed by atoms with Crippen molar-refractivity contribution in [2.24, 2.45) is 0 Å². The van der Waals surface area contributed by atoms with Gasteiger partial charge in [0.05, 0.1) is 0 Å². The average Bonchev–Trinajstić information content (AvgIpc) is 2.63. The third kappa shape index (κ3) is 3.38. The molecule has 3 rings (SSSR count). The normalized spacial score (nSPS) is 16.4. The summed E-state index contributed by atoms with van der Waals surface area (Å²) in [5, 5.41) is 3.17. The number of benzene rings is 1. The van der Waals surface area contributed by atoms with E-state index in [0.29, 0.717) is 37.4 Å². The maximum absolute atomic E-state index is 12.8. The molecule has 1 aliphatic rings. The van der Waals surface area contributed by atoms with Gasteiger partial charge in [0.25, 0.3) is 5.91 Å². The molecule has 1 fully saturated rings.